The van der Waals surface area contributed by atoms with Gasteiger partial charge >= 0.3 is 10.3 Å². The van der Waals surface area contributed by atoms with E-state index >= 15 is 0 Å². The molecule has 3 N–H and O–H groups in total. The number of nitrogens with two attached hydrogens (primary N) is 1. The van der Waals surface area contributed by atoms with Crippen LogP contribution in [0.2, 0.25) is 0 Å². The van der Waals surface area contributed by atoms with Crippen LogP contribution < -0.4 is 14.7 Å². The Bertz CT molecular complexity index is 1340. The summed E-state index contributed by atoms with van der Waals surface area (Å²) in [4.78, 5) is 5.67. The number of fused-ring (bicyclic) bond motifs is 1. The van der Waals surface area contributed by atoms with Gasteiger partial charge in [-0.15, -0.1) is 9.89 Å². The zero-order valence-corrected chi connectivity index (χ0v) is 15.5. The van der Waals surface area contributed by atoms with Crippen LogP contribution in [0.5, 0.6) is 5.75 Å². The Balaban J connectivity index is 1.68. The molecule has 10 nitrogen and oxygen atoms in total. The summed E-state index contributed by atoms with van der Waals surface area (Å²) in [5.74, 6) is 0.0733. The maximum Gasteiger partial charge on any atom is 0.380 e. The minimum absolute atomic E-state index is 0.0733. The predicted octanol–water partition coefficient (Wildman–Crippen LogP) is 1.82. The van der Waals surface area contributed by atoms with Crippen LogP contribution in [0.3, 0.4) is 0 Å². The summed E-state index contributed by atoms with van der Waals surface area (Å²) in [7, 11) is -4.11. The maximum atomic E-state index is 11.0. The maximum absolute atomic E-state index is 11.0. The Morgan fingerprint density at radius 2 is 1.93 bits per heavy atom. The number of benzene rings is 2. The molecule has 0 aliphatic heterocycles. The van der Waals surface area contributed by atoms with Crippen molar-refractivity contribution >= 4 is 27.2 Å². The van der Waals surface area contributed by atoms with Crippen molar-refractivity contribution in [2.75, 3.05) is 5.43 Å². The molecule has 0 bridgehead atoms. The molecule has 4 aromatic rings. The number of pyridine rings is 1. The number of hydrogen-bond donors (Lipinski definition) is 2. The lowest BCUT2D eigenvalue weighted by Gasteiger charge is -2.10. The first kappa shape index (κ1) is 18.4. The third-order valence-electron chi connectivity index (χ3n) is 3.96. The normalized spacial score (nSPS) is 11.2. The van der Waals surface area contributed by atoms with Crippen LogP contribution in [-0.4, -0.2) is 28.5 Å². The van der Waals surface area contributed by atoms with Crippen LogP contribution in [0.15, 0.2) is 60.8 Å². The lowest BCUT2D eigenvalue weighted by atomic mass is 9.99. The fourth-order valence-electron chi connectivity index (χ4n) is 2.74. The Hall–Kier alpha value is -4.01. The largest absolute Gasteiger partial charge is 0.380 e. The molecule has 0 atom stereocenters. The van der Waals surface area contributed by atoms with Gasteiger partial charge in [0.15, 0.2) is 0 Å². The molecular formula is C18H13N7O3S. The first-order valence-electron chi connectivity index (χ1n) is 8.23. The average molecular weight is 407 g/mol. The number of rotatable bonds is 5. The molecule has 0 unspecified atom stereocenters. The number of hydrogen-bond acceptors (Lipinski definition) is 8. The van der Waals surface area contributed by atoms with Crippen molar-refractivity contribution in [2.45, 2.75) is 0 Å². The van der Waals surface area contributed by atoms with Crippen molar-refractivity contribution in [1.29, 1.82) is 5.26 Å². The topological polar surface area (TPSA) is 149 Å². The van der Waals surface area contributed by atoms with Crippen molar-refractivity contribution in [1.82, 2.24) is 20.1 Å². The van der Waals surface area contributed by atoms with Crippen molar-refractivity contribution in [3.8, 4) is 22.9 Å². The van der Waals surface area contributed by atoms with E-state index in [9.17, 15) is 13.7 Å². The average Bonchev–Trinajstić information content (AvgIpc) is 3.10. The zero-order valence-electron chi connectivity index (χ0n) is 14.7. The molecule has 0 saturated heterocycles. The molecule has 4 rings (SSSR count). The standard InChI is InChI=1S/C18H13N7O3S/c19-11-13-3-6-14(23-25-18-17(22-24-25)2-1-9-21-18)10-16(13)12-4-7-15(8-5-12)28-29(20,26)27/h1-10,23H,(H2,20,26,27). The number of nitriles is 1. The first-order chi connectivity index (χ1) is 13.9. The van der Waals surface area contributed by atoms with Gasteiger partial charge in [-0.3, -0.25) is 5.43 Å². The van der Waals surface area contributed by atoms with E-state index in [0.717, 1.165) is 0 Å². The SMILES string of the molecule is N#Cc1ccc(Nn2nnc3cccnc32)cc1-c1ccc(OS(N)(=O)=O)cc1. The summed E-state index contributed by atoms with van der Waals surface area (Å²) < 4.78 is 26.7. The second-order valence-corrected chi connectivity index (χ2v) is 7.08. The summed E-state index contributed by atoms with van der Waals surface area (Å²) in [6.07, 6.45) is 1.64. The van der Waals surface area contributed by atoms with Crippen molar-refractivity contribution < 1.29 is 12.6 Å². The molecule has 2 aromatic carbocycles. The van der Waals surface area contributed by atoms with Gasteiger partial charge < -0.3 is 4.18 Å². The Morgan fingerprint density at radius 3 is 2.66 bits per heavy atom. The molecule has 0 spiro atoms. The molecule has 11 heteroatoms. The quantitative estimate of drug-likeness (QED) is 0.509. The zero-order chi connectivity index (χ0) is 20.4. The van der Waals surface area contributed by atoms with Crippen LogP contribution in [0.1, 0.15) is 5.56 Å². The highest BCUT2D eigenvalue weighted by Gasteiger charge is 2.11. The minimum atomic E-state index is -4.11. The second-order valence-electron chi connectivity index (χ2n) is 5.93. The molecule has 0 radical (unpaired) electrons. The molecule has 0 fully saturated rings. The fraction of sp³-hybridized carbons (Fsp3) is 0. The number of nitrogens with one attached hydrogen (secondary N) is 1. The number of nitrogens with zero attached hydrogens (tertiary/aromatic N) is 5. The monoisotopic (exact) mass is 407 g/mol. The van der Waals surface area contributed by atoms with E-state index in [-0.39, 0.29) is 5.75 Å². The van der Waals surface area contributed by atoms with Crippen molar-refractivity contribution in [3.63, 3.8) is 0 Å². The third-order valence-corrected chi connectivity index (χ3v) is 4.39. The van der Waals surface area contributed by atoms with Crippen LogP contribution in [-0.2, 0) is 10.3 Å². The van der Waals surface area contributed by atoms with Crippen LogP contribution in [0.4, 0.5) is 5.69 Å². The highest BCUT2D eigenvalue weighted by atomic mass is 32.2. The molecule has 2 heterocycles. The van der Waals surface area contributed by atoms with E-state index in [2.05, 4.69) is 31.0 Å². The molecule has 2 aromatic heterocycles. The third kappa shape index (κ3) is 3.98. The molecule has 0 saturated carbocycles. The van der Waals surface area contributed by atoms with Gasteiger partial charge in [0.2, 0.25) is 5.65 Å². The molecule has 29 heavy (non-hydrogen) atoms. The molecule has 144 valence electrons. The lowest BCUT2D eigenvalue weighted by molar-refractivity contribution is 0.488. The van der Waals surface area contributed by atoms with Gasteiger partial charge in [0, 0.05) is 11.8 Å². The van der Waals surface area contributed by atoms with Crippen LogP contribution in [0.25, 0.3) is 22.3 Å². The van der Waals surface area contributed by atoms with Crippen molar-refractivity contribution in [2.24, 2.45) is 5.14 Å². The van der Waals surface area contributed by atoms with Crippen LogP contribution >= 0.6 is 0 Å². The van der Waals surface area contributed by atoms with Gasteiger partial charge in [0.1, 0.15) is 11.3 Å². The minimum Gasteiger partial charge on any atom is -0.371 e. The molecule has 0 amide bonds. The highest BCUT2D eigenvalue weighted by molar-refractivity contribution is 7.84. The van der Waals surface area contributed by atoms with Crippen LogP contribution in [0, 0.1) is 11.3 Å². The van der Waals surface area contributed by atoms with Gasteiger partial charge in [-0.05, 0) is 53.2 Å². The van der Waals surface area contributed by atoms with Crippen molar-refractivity contribution in [3.05, 3.63) is 66.4 Å². The van der Waals surface area contributed by atoms with E-state index in [1.54, 1.807) is 48.7 Å². The smallest absolute Gasteiger partial charge is 0.371 e. The van der Waals surface area contributed by atoms with Gasteiger partial charge in [-0.1, -0.05) is 12.1 Å². The summed E-state index contributed by atoms with van der Waals surface area (Å²) >= 11 is 0. The Kier molecular flexibility index (Phi) is 4.55. The second kappa shape index (κ2) is 7.19. The van der Waals surface area contributed by atoms with Gasteiger partial charge in [0.25, 0.3) is 0 Å². The predicted molar refractivity (Wildman–Crippen MR) is 105 cm³/mol. The highest BCUT2D eigenvalue weighted by Crippen LogP contribution is 2.28. The lowest BCUT2D eigenvalue weighted by Crippen LogP contribution is -2.18. The summed E-state index contributed by atoms with van der Waals surface area (Å²) in [6, 6.07) is 17.0. The van der Waals surface area contributed by atoms with E-state index in [1.165, 1.54) is 16.9 Å². The van der Waals surface area contributed by atoms with Gasteiger partial charge in [0.05, 0.1) is 17.3 Å². The first-order valence-corrected chi connectivity index (χ1v) is 9.70. The van der Waals surface area contributed by atoms with E-state index in [0.29, 0.717) is 33.5 Å². The summed E-state index contributed by atoms with van der Waals surface area (Å²) in [5.41, 5.74) is 6.70. The molecule has 0 aliphatic carbocycles. The summed E-state index contributed by atoms with van der Waals surface area (Å²) in [6.45, 7) is 0. The van der Waals surface area contributed by atoms with E-state index in [4.69, 9.17) is 5.14 Å². The summed E-state index contributed by atoms with van der Waals surface area (Å²) in [5, 5.41) is 22.4. The molecular weight excluding hydrogens is 394 g/mol. The number of anilines is 1. The van der Waals surface area contributed by atoms with E-state index in [1.807, 2.05) is 0 Å². The number of aromatic nitrogens is 4. The van der Waals surface area contributed by atoms with Gasteiger partial charge in [-0.2, -0.15) is 18.8 Å². The Labute approximate surface area is 165 Å². The molecule has 0 aliphatic rings. The fourth-order valence-corrected chi connectivity index (χ4v) is 3.12. The Morgan fingerprint density at radius 1 is 1.14 bits per heavy atom. The van der Waals surface area contributed by atoms with Gasteiger partial charge in [-0.25, -0.2) is 4.98 Å². The van der Waals surface area contributed by atoms with E-state index < -0.39 is 10.3 Å².